The first kappa shape index (κ1) is 13.2. The van der Waals surface area contributed by atoms with E-state index in [1.54, 1.807) is 6.20 Å². The molecule has 0 atom stereocenters. The maximum absolute atomic E-state index is 5.57. The van der Waals surface area contributed by atoms with Crippen LogP contribution in [0.1, 0.15) is 13.8 Å². The minimum Gasteiger partial charge on any atom is -0.380 e. The lowest BCUT2D eigenvalue weighted by Crippen LogP contribution is -2.28. The van der Waals surface area contributed by atoms with Gasteiger partial charge in [-0.15, -0.1) is 0 Å². The first-order valence-corrected chi connectivity index (χ1v) is 6.09. The van der Waals surface area contributed by atoms with E-state index in [0.717, 1.165) is 30.0 Å². The topological polar surface area (TPSA) is 64.3 Å². The molecule has 0 bridgehead atoms. The maximum atomic E-state index is 5.57. The Labute approximate surface area is 104 Å². The molecule has 0 aliphatic heterocycles. The lowest BCUT2D eigenvalue weighted by Gasteiger charge is -2.22. The van der Waals surface area contributed by atoms with Crippen LogP contribution in [0.25, 0.3) is 0 Å². The molecule has 0 unspecified atom stereocenters. The second-order valence-electron chi connectivity index (χ2n) is 3.18. The summed E-state index contributed by atoms with van der Waals surface area (Å²) in [6.45, 7) is 7.10. The van der Waals surface area contributed by atoms with Crippen LogP contribution < -0.4 is 10.6 Å². The molecular weight excluding hydrogens is 272 g/mol. The Balaban J connectivity index is 2.73. The third-order valence-electron chi connectivity index (χ3n) is 2.14. The van der Waals surface area contributed by atoms with Gasteiger partial charge in [0.15, 0.2) is 0 Å². The summed E-state index contributed by atoms with van der Waals surface area (Å²) in [5, 5.41) is 0. The average molecular weight is 289 g/mol. The largest absolute Gasteiger partial charge is 0.380 e. The Hall–Kier alpha value is -0.880. The average Bonchev–Trinajstić information content (AvgIpc) is 2.28. The monoisotopic (exact) mass is 288 g/mol. The molecule has 0 aliphatic carbocycles. The highest BCUT2D eigenvalue weighted by atomic mass is 79.9. The van der Waals surface area contributed by atoms with Crippen LogP contribution in [0.15, 0.2) is 10.7 Å². The molecule has 0 saturated carbocycles. The summed E-state index contributed by atoms with van der Waals surface area (Å²) < 4.78 is 6.17. The van der Waals surface area contributed by atoms with Gasteiger partial charge in [-0.1, -0.05) is 0 Å². The number of halogens is 1. The first-order chi connectivity index (χ1) is 7.69. The van der Waals surface area contributed by atoms with Crippen LogP contribution in [0.5, 0.6) is 0 Å². The number of hydrogen-bond acceptors (Lipinski definition) is 5. The van der Waals surface area contributed by atoms with Gasteiger partial charge in [0.1, 0.15) is 5.82 Å². The fraction of sp³-hybridized carbons (Fsp3) is 0.600. The molecule has 1 heterocycles. The molecule has 1 rings (SSSR count). The third-order valence-corrected chi connectivity index (χ3v) is 2.69. The molecule has 0 saturated heterocycles. The number of ether oxygens (including phenoxy) is 1. The van der Waals surface area contributed by atoms with Gasteiger partial charge in [0, 0.05) is 25.9 Å². The lowest BCUT2D eigenvalue weighted by atomic mass is 10.4. The van der Waals surface area contributed by atoms with Gasteiger partial charge in [0.25, 0.3) is 0 Å². The van der Waals surface area contributed by atoms with Crippen molar-refractivity contribution in [2.24, 2.45) is 0 Å². The molecule has 0 fully saturated rings. The summed E-state index contributed by atoms with van der Waals surface area (Å²) in [7, 11) is 0. The van der Waals surface area contributed by atoms with Crippen LogP contribution >= 0.6 is 15.9 Å². The molecule has 0 amide bonds. The van der Waals surface area contributed by atoms with Crippen LogP contribution in [-0.2, 0) is 4.74 Å². The number of nitrogens with two attached hydrogens (primary N) is 1. The maximum Gasteiger partial charge on any atom is 0.222 e. The van der Waals surface area contributed by atoms with Gasteiger partial charge in [-0.25, -0.2) is 4.98 Å². The molecule has 0 spiro atoms. The minimum atomic E-state index is 0.285. The van der Waals surface area contributed by atoms with Crippen molar-refractivity contribution in [2.45, 2.75) is 13.8 Å². The lowest BCUT2D eigenvalue weighted by molar-refractivity contribution is 0.154. The van der Waals surface area contributed by atoms with E-state index in [0.29, 0.717) is 6.61 Å². The summed E-state index contributed by atoms with van der Waals surface area (Å²) >= 11 is 3.42. The summed E-state index contributed by atoms with van der Waals surface area (Å²) in [6.07, 6.45) is 1.67. The highest BCUT2D eigenvalue weighted by Gasteiger charge is 2.10. The Kier molecular flexibility index (Phi) is 5.48. The van der Waals surface area contributed by atoms with E-state index in [1.807, 2.05) is 6.92 Å². The number of hydrogen-bond donors (Lipinski definition) is 1. The second-order valence-corrected chi connectivity index (χ2v) is 4.03. The SMILES string of the molecule is CCOCCN(CC)c1nc(N)ncc1Br. The predicted molar refractivity (Wildman–Crippen MR) is 68.5 cm³/mol. The van der Waals surface area contributed by atoms with Crippen molar-refractivity contribution < 1.29 is 4.74 Å². The van der Waals surface area contributed by atoms with Crippen LogP contribution in [0.4, 0.5) is 11.8 Å². The zero-order valence-electron chi connectivity index (χ0n) is 9.61. The fourth-order valence-corrected chi connectivity index (χ4v) is 1.77. The quantitative estimate of drug-likeness (QED) is 0.807. The molecule has 5 nitrogen and oxygen atoms in total. The molecule has 0 aromatic carbocycles. The number of rotatable bonds is 6. The smallest absolute Gasteiger partial charge is 0.222 e. The van der Waals surface area contributed by atoms with E-state index in [9.17, 15) is 0 Å². The zero-order chi connectivity index (χ0) is 12.0. The molecule has 1 aromatic rings. The number of nitrogen functional groups attached to an aromatic ring is 1. The molecule has 0 aliphatic rings. The summed E-state index contributed by atoms with van der Waals surface area (Å²) in [6, 6.07) is 0. The standard InChI is InChI=1S/C10H17BrN4O/c1-3-15(5-6-16-4-2)9-8(11)7-13-10(12)14-9/h7H,3-6H2,1-2H3,(H2,12,13,14). The fourth-order valence-electron chi connectivity index (χ4n) is 1.33. The Morgan fingerprint density at radius 1 is 1.50 bits per heavy atom. The van der Waals surface area contributed by atoms with Gasteiger partial charge in [0.2, 0.25) is 5.95 Å². The molecular formula is C10H17BrN4O. The number of anilines is 2. The Morgan fingerprint density at radius 2 is 2.25 bits per heavy atom. The molecule has 0 radical (unpaired) electrons. The third kappa shape index (κ3) is 3.61. The van der Waals surface area contributed by atoms with Crippen molar-refractivity contribution in [2.75, 3.05) is 36.9 Å². The molecule has 16 heavy (non-hydrogen) atoms. The Morgan fingerprint density at radius 3 is 2.88 bits per heavy atom. The van der Waals surface area contributed by atoms with Crippen molar-refractivity contribution in [3.8, 4) is 0 Å². The van der Waals surface area contributed by atoms with Crippen LogP contribution in [0.3, 0.4) is 0 Å². The molecule has 1 aromatic heterocycles. The van der Waals surface area contributed by atoms with Gasteiger partial charge in [-0.2, -0.15) is 4.98 Å². The minimum absolute atomic E-state index is 0.285. The van der Waals surface area contributed by atoms with E-state index in [4.69, 9.17) is 10.5 Å². The van der Waals surface area contributed by atoms with Crippen LogP contribution in [0, 0.1) is 0 Å². The number of nitrogens with zero attached hydrogens (tertiary/aromatic N) is 3. The van der Waals surface area contributed by atoms with E-state index < -0.39 is 0 Å². The zero-order valence-corrected chi connectivity index (χ0v) is 11.2. The first-order valence-electron chi connectivity index (χ1n) is 5.29. The highest BCUT2D eigenvalue weighted by molar-refractivity contribution is 9.10. The van der Waals surface area contributed by atoms with Crippen molar-refractivity contribution in [1.29, 1.82) is 0 Å². The van der Waals surface area contributed by atoms with Gasteiger partial charge < -0.3 is 15.4 Å². The molecule has 6 heteroatoms. The number of aromatic nitrogens is 2. The molecule has 90 valence electrons. The molecule has 2 N–H and O–H groups in total. The van der Waals surface area contributed by atoms with Crippen molar-refractivity contribution in [3.63, 3.8) is 0 Å². The van der Waals surface area contributed by atoms with Crippen molar-refractivity contribution >= 4 is 27.7 Å². The van der Waals surface area contributed by atoms with E-state index in [1.165, 1.54) is 0 Å². The Bertz CT molecular complexity index is 335. The van der Waals surface area contributed by atoms with Crippen LogP contribution in [0.2, 0.25) is 0 Å². The van der Waals surface area contributed by atoms with E-state index in [-0.39, 0.29) is 5.95 Å². The normalized spacial score (nSPS) is 10.4. The number of likely N-dealkylation sites (N-methyl/N-ethyl adjacent to an activating group) is 1. The van der Waals surface area contributed by atoms with Crippen molar-refractivity contribution in [1.82, 2.24) is 9.97 Å². The highest BCUT2D eigenvalue weighted by Crippen LogP contribution is 2.23. The van der Waals surface area contributed by atoms with Gasteiger partial charge in [-0.05, 0) is 29.8 Å². The van der Waals surface area contributed by atoms with Gasteiger partial charge in [0.05, 0.1) is 11.1 Å². The van der Waals surface area contributed by atoms with Gasteiger partial charge >= 0.3 is 0 Å². The summed E-state index contributed by atoms with van der Waals surface area (Å²) in [5.74, 6) is 1.10. The summed E-state index contributed by atoms with van der Waals surface area (Å²) in [4.78, 5) is 10.2. The van der Waals surface area contributed by atoms with Crippen LogP contribution in [-0.4, -0.2) is 36.3 Å². The predicted octanol–water partition coefficient (Wildman–Crippen LogP) is 1.68. The van der Waals surface area contributed by atoms with E-state index in [2.05, 4.69) is 37.7 Å². The second kappa shape index (κ2) is 6.65. The van der Waals surface area contributed by atoms with E-state index >= 15 is 0 Å². The van der Waals surface area contributed by atoms with Gasteiger partial charge in [-0.3, -0.25) is 0 Å². The van der Waals surface area contributed by atoms with Crippen molar-refractivity contribution in [3.05, 3.63) is 10.7 Å². The summed E-state index contributed by atoms with van der Waals surface area (Å²) in [5.41, 5.74) is 5.57.